The first-order chi connectivity index (χ1) is 10.6. The average Bonchev–Trinajstić information content (AvgIpc) is 2.93. The molecule has 2 amide bonds. The molecule has 0 aliphatic carbocycles. The standard InChI is InChI=1S/C16H19N3O3/c1-18(9-5-8-17)16(21)12-10-15(20)19(11-12)13-6-3-4-7-14(13)22-2/h3-4,6-7,12H,5,9-11H2,1-2H3. The molecule has 2 rings (SSSR count). The van der Waals surface area contributed by atoms with Gasteiger partial charge in [-0.05, 0) is 12.1 Å². The number of hydrogen-bond donors (Lipinski definition) is 0. The predicted molar refractivity (Wildman–Crippen MR) is 81.3 cm³/mol. The van der Waals surface area contributed by atoms with E-state index in [0.717, 1.165) is 0 Å². The minimum absolute atomic E-state index is 0.0865. The summed E-state index contributed by atoms with van der Waals surface area (Å²) in [4.78, 5) is 27.7. The highest BCUT2D eigenvalue weighted by Crippen LogP contribution is 2.33. The van der Waals surface area contributed by atoms with Gasteiger partial charge in [0.15, 0.2) is 0 Å². The molecular weight excluding hydrogens is 282 g/mol. The molecule has 6 heteroatoms. The molecule has 1 aromatic carbocycles. The molecule has 1 fully saturated rings. The van der Waals surface area contributed by atoms with E-state index in [1.54, 1.807) is 25.1 Å². The van der Waals surface area contributed by atoms with E-state index in [9.17, 15) is 9.59 Å². The fourth-order valence-electron chi connectivity index (χ4n) is 2.60. The summed E-state index contributed by atoms with van der Waals surface area (Å²) in [5.74, 6) is 0.0559. The van der Waals surface area contributed by atoms with E-state index in [4.69, 9.17) is 10.00 Å². The number of carbonyl (C=O) groups excluding carboxylic acids is 2. The molecule has 1 aromatic rings. The second-order valence-corrected chi connectivity index (χ2v) is 5.25. The zero-order valence-electron chi connectivity index (χ0n) is 12.8. The Morgan fingerprint density at radius 3 is 2.91 bits per heavy atom. The van der Waals surface area contributed by atoms with Crippen molar-refractivity contribution in [3.63, 3.8) is 0 Å². The zero-order valence-corrected chi connectivity index (χ0v) is 12.8. The molecule has 1 aliphatic rings. The SMILES string of the molecule is COc1ccccc1N1CC(C(=O)N(C)CCC#N)CC1=O. The molecule has 1 saturated heterocycles. The van der Waals surface area contributed by atoms with Crippen molar-refractivity contribution in [3.05, 3.63) is 24.3 Å². The molecule has 0 radical (unpaired) electrons. The molecule has 0 spiro atoms. The number of nitriles is 1. The maximum atomic E-state index is 12.3. The quantitative estimate of drug-likeness (QED) is 0.824. The third-order valence-electron chi connectivity index (χ3n) is 3.79. The normalized spacial score (nSPS) is 17.2. The van der Waals surface area contributed by atoms with Gasteiger partial charge in [-0.2, -0.15) is 5.26 Å². The number of rotatable bonds is 5. The van der Waals surface area contributed by atoms with E-state index >= 15 is 0 Å². The minimum atomic E-state index is -0.374. The van der Waals surface area contributed by atoms with Gasteiger partial charge in [-0.3, -0.25) is 9.59 Å². The lowest BCUT2D eigenvalue weighted by atomic mass is 10.1. The minimum Gasteiger partial charge on any atom is -0.495 e. The number of amides is 2. The molecule has 0 N–H and O–H groups in total. The summed E-state index contributed by atoms with van der Waals surface area (Å²) in [5.41, 5.74) is 0.685. The lowest BCUT2D eigenvalue weighted by molar-refractivity contribution is -0.134. The van der Waals surface area contributed by atoms with Crippen LogP contribution in [0.2, 0.25) is 0 Å². The van der Waals surface area contributed by atoms with Crippen LogP contribution in [0, 0.1) is 17.2 Å². The predicted octanol–water partition coefficient (Wildman–Crippen LogP) is 1.42. The maximum absolute atomic E-state index is 12.3. The van der Waals surface area contributed by atoms with Crippen LogP contribution in [0.3, 0.4) is 0 Å². The van der Waals surface area contributed by atoms with E-state index in [1.165, 1.54) is 4.90 Å². The van der Waals surface area contributed by atoms with Gasteiger partial charge >= 0.3 is 0 Å². The Kier molecular flexibility index (Phi) is 4.99. The summed E-state index contributed by atoms with van der Waals surface area (Å²) in [5, 5.41) is 8.59. The Bertz CT molecular complexity index is 609. The van der Waals surface area contributed by atoms with E-state index in [1.807, 2.05) is 24.3 Å². The van der Waals surface area contributed by atoms with E-state index < -0.39 is 0 Å². The number of methoxy groups -OCH3 is 1. The summed E-state index contributed by atoms with van der Waals surface area (Å²) in [7, 11) is 3.22. The molecule has 1 aliphatic heterocycles. The highest BCUT2D eigenvalue weighted by atomic mass is 16.5. The van der Waals surface area contributed by atoms with Crippen molar-refractivity contribution < 1.29 is 14.3 Å². The number of para-hydroxylation sites is 2. The van der Waals surface area contributed by atoms with E-state index in [0.29, 0.717) is 30.9 Å². The Balaban J connectivity index is 2.11. The Labute approximate surface area is 129 Å². The van der Waals surface area contributed by atoms with Crippen molar-refractivity contribution in [1.29, 1.82) is 5.26 Å². The first-order valence-electron chi connectivity index (χ1n) is 7.13. The molecule has 1 heterocycles. The van der Waals surface area contributed by atoms with Gasteiger partial charge in [0.1, 0.15) is 5.75 Å². The Hall–Kier alpha value is -2.55. The number of ether oxygens (including phenoxy) is 1. The van der Waals surface area contributed by atoms with Gasteiger partial charge in [-0.15, -0.1) is 0 Å². The van der Waals surface area contributed by atoms with Crippen molar-refractivity contribution in [3.8, 4) is 11.8 Å². The lowest BCUT2D eigenvalue weighted by Gasteiger charge is -2.21. The van der Waals surface area contributed by atoms with Crippen LogP contribution >= 0.6 is 0 Å². The van der Waals surface area contributed by atoms with Crippen LogP contribution in [0.15, 0.2) is 24.3 Å². The number of benzene rings is 1. The van der Waals surface area contributed by atoms with Crippen molar-refractivity contribution in [2.24, 2.45) is 5.92 Å². The molecule has 1 unspecified atom stereocenters. The highest BCUT2D eigenvalue weighted by molar-refractivity contribution is 6.01. The zero-order chi connectivity index (χ0) is 16.1. The average molecular weight is 301 g/mol. The van der Waals surface area contributed by atoms with Gasteiger partial charge < -0.3 is 14.5 Å². The van der Waals surface area contributed by atoms with Gasteiger partial charge in [0.05, 0.1) is 31.2 Å². The molecular formula is C16H19N3O3. The van der Waals surface area contributed by atoms with Crippen molar-refractivity contribution >= 4 is 17.5 Å². The summed E-state index contributed by atoms with van der Waals surface area (Å²) in [6, 6.07) is 9.28. The van der Waals surface area contributed by atoms with Crippen LogP contribution in [0.4, 0.5) is 5.69 Å². The first-order valence-corrected chi connectivity index (χ1v) is 7.13. The lowest BCUT2D eigenvalue weighted by Crippen LogP contribution is -2.35. The summed E-state index contributed by atoms with van der Waals surface area (Å²) < 4.78 is 5.28. The highest BCUT2D eigenvalue weighted by Gasteiger charge is 2.37. The molecule has 6 nitrogen and oxygen atoms in total. The Morgan fingerprint density at radius 2 is 2.23 bits per heavy atom. The Morgan fingerprint density at radius 1 is 1.50 bits per heavy atom. The third kappa shape index (κ3) is 3.19. The second-order valence-electron chi connectivity index (χ2n) is 5.25. The van der Waals surface area contributed by atoms with Crippen molar-refractivity contribution in [1.82, 2.24) is 4.90 Å². The number of anilines is 1. The van der Waals surface area contributed by atoms with Crippen LogP contribution in [-0.4, -0.2) is 44.0 Å². The smallest absolute Gasteiger partial charge is 0.227 e. The number of nitrogens with zero attached hydrogens (tertiary/aromatic N) is 3. The monoisotopic (exact) mass is 301 g/mol. The van der Waals surface area contributed by atoms with Gasteiger partial charge in [0, 0.05) is 26.6 Å². The number of hydrogen-bond acceptors (Lipinski definition) is 4. The van der Waals surface area contributed by atoms with Gasteiger partial charge in [-0.1, -0.05) is 12.1 Å². The second kappa shape index (κ2) is 6.94. The number of carbonyl (C=O) groups is 2. The van der Waals surface area contributed by atoms with E-state index in [-0.39, 0.29) is 24.2 Å². The van der Waals surface area contributed by atoms with Gasteiger partial charge in [-0.25, -0.2) is 0 Å². The van der Waals surface area contributed by atoms with Gasteiger partial charge in [0.25, 0.3) is 0 Å². The molecule has 116 valence electrons. The fraction of sp³-hybridized carbons (Fsp3) is 0.438. The molecule has 22 heavy (non-hydrogen) atoms. The fourth-order valence-corrected chi connectivity index (χ4v) is 2.60. The summed E-state index contributed by atoms with van der Waals surface area (Å²) in [6.07, 6.45) is 0.479. The molecule has 0 aromatic heterocycles. The van der Waals surface area contributed by atoms with Crippen molar-refractivity contribution in [2.75, 3.05) is 32.1 Å². The molecule has 0 bridgehead atoms. The largest absolute Gasteiger partial charge is 0.495 e. The molecule has 1 atom stereocenters. The summed E-state index contributed by atoms with van der Waals surface area (Å²) >= 11 is 0. The molecule has 0 saturated carbocycles. The van der Waals surface area contributed by atoms with Crippen LogP contribution in [0.25, 0.3) is 0 Å². The van der Waals surface area contributed by atoms with Gasteiger partial charge in [0.2, 0.25) is 11.8 Å². The van der Waals surface area contributed by atoms with E-state index in [2.05, 4.69) is 0 Å². The van der Waals surface area contributed by atoms with Crippen LogP contribution < -0.4 is 9.64 Å². The summed E-state index contributed by atoms with van der Waals surface area (Å²) in [6.45, 7) is 0.726. The third-order valence-corrected chi connectivity index (χ3v) is 3.79. The van der Waals surface area contributed by atoms with Crippen LogP contribution in [0.5, 0.6) is 5.75 Å². The van der Waals surface area contributed by atoms with Crippen molar-refractivity contribution in [2.45, 2.75) is 12.8 Å². The van der Waals surface area contributed by atoms with Crippen LogP contribution in [0.1, 0.15) is 12.8 Å². The maximum Gasteiger partial charge on any atom is 0.227 e. The van der Waals surface area contributed by atoms with Crippen LogP contribution in [-0.2, 0) is 9.59 Å². The first kappa shape index (κ1) is 15.8. The topological polar surface area (TPSA) is 73.6 Å².